The van der Waals surface area contributed by atoms with Crippen LogP contribution < -0.4 is 20.4 Å². The fraction of sp³-hybridized carbons (Fsp3) is 0.194. The number of nitrogens with one attached hydrogen (secondary N) is 2. The van der Waals surface area contributed by atoms with Gasteiger partial charge in [-0.05, 0) is 48.7 Å². The molecule has 0 fully saturated rings. The first kappa shape index (κ1) is 31.3. The lowest BCUT2D eigenvalue weighted by atomic mass is 10.0. The number of benzene rings is 4. The van der Waals surface area contributed by atoms with Crippen molar-refractivity contribution in [3.63, 3.8) is 0 Å². The maximum absolute atomic E-state index is 14.2. The maximum atomic E-state index is 14.2. The monoisotopic (exact) mass is 635 g/mol. The molecule has 2 aliphatic heterocycles. The molecule has 238 valence electrons. The van der Waals surface area contributed by atoms with Crippen molar-refractivity contribution < 1.29 is 28.0 Å². The number of carbonyl (C=O) groups excluding carboxylic acids is 4. The van der Waals surface area contributed by atoms with E-state index in [0.29, 0.717) is 41.6 Å². The van der Waals surface area contributed by atoms with E-state index in [9.17, 15) is 28.0 Å². The number of carbonyl (C=O) groups is 4. The highest BCUT2D eigenvalue weighted by Gasteiger charge is 2.36. The van der Waals surface area contributed by atoms with Crippen LogP contribution in [0.1, 0.15) is 29.2 Å². The van der Waals surface area contributed by atoms with Gasteiger partial charge in [0.15, 0.2) is 0 Å². The van der Waals surface area contributed by atoms with Crippen molar-refractivity contribution in [3.8, 4) is 0 Å². The van der Waals surface area contributed by atoms with Crippen molar-refractivity contribution in [1.82, 2.24) is 10.6 Å². The number of halogens is 2. The zero-order chi connectivity index (χ0) is 33.1. The third-order valence-electron chi connectivity index (χ3n) is 8.07. The first-order valence-electron chi connectivity index (χ1n) is 15.1. The van der Waals surface area contributed by atoms with Crippen LogP contribution in [0.2, 0.25) is 0 Å². The van der Waals surface area contributed by atoms with Crippen LogP contribution in [0.4, 0.5) is 20.2 Å². The second-order valence-corrected chi connectivity index (χ2v) is 11.4. The largest absolute Gasteiger partial charge is 0.344 e. The summed E-state index contributed by atoms with van der Waals surface area (Å²) in [5, 5.41) is 5.15. The summed E-state index contributed by atoms with van der Waals surface area (Å²) >= 11 is 0. The lowest BCUT2D eigenvalue weighted by Crippen LogP contribution is -2.54. The molecule has 0 aliphatic carbocycles. The Labute approximate surface area is 269 Å². The topological polar surface area (TPSA) is 111 Å². The van der Waals surface area contributed by atoms with Gasteiger partial charge in [0, 0.05) is 29.4 Å². The van der Waals surface area contributed by atoms with Crippen LogP contribution in [0.25, 0.3) is 0 Å². The van der Waals surface area contributed by atoms with Crippen LogP contribution in [-0.2, 0) is 32.0 Å². The van der Waals surface area contributed by atoms with Gasteiger partial charge in [-0.1, -0.05) is 66.7 Å². The molecular formula is C36H31F2N5O4. The van der Waals surface area contributed by atoms with Crippen LogP contribution in [0.5, 0.6) is 0 Å². The van der Waals surface area contributed by atoms with Gasteiger partial charge in [0.1, 0.15) is 24.2 Å². The van der Waals surface area contributed by atoms with Crippen LogP contribution in [0, 0.1) is 11.6 Å². The minimum atomic E-state index is -1.44. The number of hydrogen-bond donors (Lipinski definition) is 2. The van der Waals surface area contributed by atoms with Gasteiger partial charge in [0.2, 0.25) is 23.9 Å². The fourth-order valence-corrected chi connectivity index (χ4v) is 5.85. The van der Waals surface area contributed by atoms with Crippen molar-refractivity contribution in [2.75, 3.05) is 22.9 Å². The molecule has 0 radical (unpaired) electrons. The minimum Gasteiger partial charge on any atom is -0.344 e. The van der Waals surface area contributed by atoms with Crippen molar-refractivity contribution in [2.24, 2.45) is 4.99 Å². The second kappa shape index (κ2) is 13.3. The van der Waals surface area contributed by atoms with Gasteiger partial charge < -0.3 is 15.5 Å². The molecule has 2 aliphatic rings. The molecule has 11 heteroatoms. The molecule has 6 rings (SSSR count). The van der Waals surface area contributed by atoms with Gasteiger partial charge in [-0.25, -0.2) is 13.8 Å². The molecule has 1 unspecified atom stereocenters. The van der Waals surface area contributed by atoms with E-state index in [4.69, 9.17) is 4.99 Å². The zero-order valence-corrected chi connectivity index (χ0v) is 25.5. The van der Waals surface area contributed by atoms with E-state index in [1.165, 1.54) is 11.8 Å². The number of nitrogens with zero attached hydrogens (tertiary/aromatic N) is 3. The molecule has 4 amide bonds. The molecule has 0 bridgehead atoms. The molecular weight excluding hydrogens is 604 g/mol. The number of amides is 4. The van der Waals surface area contributed by atoms with Gasteiger partial charge >= 0.3 is 0 Å². The maximum Gasteiger partial charge on any atom is 0.272 e. The van der Waals surface area contributed by atoms with E-state index >= 15 is 0 Å². The number of rotatable bonds is 8. The van der Waals surface area contributed by atoms with Crippen LogP contribution in [-0.4, -0.2) is 54.6 Å². The van der Waals surface area contributed by atoms with E-state index in [1.54, 1.807) is 29.2 Å². The van der Waals surface area contributed by atoms with Gasteiger partial charge in [0.05, 0.1) is 17.8 Å². The summed E-state index contributed by atoms with van der Waals surface area (Å²) in [5.74, 6) is -3.94. The van der Waals surface area contributed by atoms with Crippen molar-refractivity contribution in [2.45, 2.75) is 32.0 Å². The smallest absolute Gasteiger partial charge is 0.272 e. The Morgan fingerprint density at radius 1 is 0.894 bits per heavy atom. The Hall–Kier alpha value is -5.71. The molecule has 0 aromatic heterocycles. The summed E-state index contributed by atoms with van der Waals surface area (Å²) in [4.78, 5) is 61.8. The summed E-state index contributed by atoms with van der Waals surface area (Å²) < 4.78 is 27.2. The van der Waals surface area contributed by atoms with E-state index in [0.717, 1.165) is 23.4 Å². The van der Waals surface area contributed by atoms with E-state index in [1.807, 2.05) is 54.6 Å². The van der Waals surface area contributed by atoms with Crippen LogP contribution in [0.15, 0.2) is 102 Å². The zero-order valence-electron chi connectivity index (χ0n) is 25.5. The van der Waals surface area contributed by atoms with Gasteiger partial charge in [-0.15, -0.1) is 0 Å². The third-order valence-corrected chi connectivity index (χ3v) is 8.07. The average Bonchev–Trinajstić information content (AvgIpc) is 3.45. The number of benzodiazepines with no additional fused rings is 1. The molecule has 2 heterocycles. The summed E-state index contributed by atoms with van der Waals surface area (Å²) in [7, 11) is 0. The predicted octanol–water partition coefficient (Wildman–Crippen LogP) is 3.93. The third kappa shape index (κ3) is 6.79. The molecule has 2 atom stereocenters. The lowest BCUT2D eigenvalue weighted by Gasteiger charge is -2.27. The highest BCUT2D eigenvalue weighted by molar-refractivity contribution is 6.21. The molecule has 47 heavy (non-hydrogen) atoms. The minimum absolute atomic E-state index is 0.0994. The highest BCUT2D eigenvalue weighted by Crippen LogP contribution is 2.31. The normalized spacial score (nSPS) is 16.0. The van der Waals surface area contributed by atoms with Gasteiger partial charge in [-0.3, -0.25) is 24.1 Å². The first-order valence-corrected chi connectivity index (χ1v) is 15.1. The summed E-state index contributed by atoms with van der Waals surface area (Å²) in [6.45, 7) is 1.60. The standard InChI is InChI=1S/C36H31F2N5O4/c1-22(39-31(44)19-23-17-26(37)20-27(38)18-23)35(46)41-34-36(47)43(21-32(45)42-16-15-24-9-5-7-13-29(24)42)30-14-8-6-12-28(30)33(40-34)25-10-3-2-4-11-25/h2-14,17-18,20,22,34H,15-16,19,21H2,1H3,(H,39,44)(H,41,46)/t22-,34?/m0/s1. The molecule has 2 N–H and O–H groups in total. The van der Waals surface area contributed by atoms with Crippen LogP contribution in [0.3, 0.4) is 0 Å². The van der Waals surface area contributed by atoms with Gasteiger partial charge in [-0.2, -0.15) is 0 Å². The molecule has 4 aromatic carbocycles. The Morgan fingerprint density at radius 2 is 1.55 bits per heavy atom. The van der Waals surface area contributed by atoms with Crippen molar-refractivity contribution >= 4 is 40.7 Å². The van der Waals surface area contributed by atoms with Crippen molar-refractivity contribution in [1.29, 1.82) is 0 Å². The molecule has 4 aromatic rings. The Balaban J connectivity index is 1.27. The molecule has 0 saturated carbocycles. The Morgan fingerprint density at radius 3 is 2.30 bits per heavy atom. The lowest BCUT2D eigenvalue weighted by molar-refractivity contribution is -0.131. The van der Waals surface area contributed by atoms with E-state index in [-0.39, 0.29) is 24.4 Å². The predicted molar refractivity (Wildman–Crippen MR) is 173 cm³/mol. The quantitative estimate of drug-likeness (QED) is 0.306. The molecule has 0 saturated heterocycles. The number of fused-ring (bicyclic) bond motifs is 2. The number of aliphatic imine (C=N–C) groups is 1. The van der Waals surface area contributed by atoms with Crippen molar-refractivity contribution in [3.05, 3.63) is 131 Å². The molecule has 9 nitrogen and oxygen atoms in total. The summed E-state index contributed by atoms with van der Waals surface area (Å²) in [6, 6.07) is 25.5. The highest BCUT2D eigenvalue weighted by atomic mass is 19.1. The second-order valence-electron chi connectivity index (χ2n) is 11.4. The first-order chi connectivity index (χ1) is 22.7. The number of para-hydroxylation sites is 2. The molecule has 0 spiro atoms. The number of anilines is 2. The Bertz CT molecular complexity index is 1880. The summed E-state index contributed by atoms with van der Waals surface area (Å²) in [5.41, 5.74) is 4.13. The van der Waals surface area contributed by atoms with E-state index < -0.39 is 41.6 Å². The van der Waals surface area contributed by atoms with E-state index in [2.05, 4.69) is 10.6 Å². The van der Waals surface area contributed by atoms with Crippen LogP contribution >= 0.6 is 0 Å². The number of hydrogen-bond acceptors (Lipinski definition) is 5. The fourth-order valence-electron chi connectivity index (χ4n) is 5.85. The average molecular weight is 636 g/mol. The van der Waals surface area contributed by atoms with Gasteiger partial charge in [0.25, 0.3) is 5.91 Å². The summed E-state index contributed by atoms with van der Waals surface area (Å²) in [6.07, 6.45) is -1.11. The SMILES string of the molecule is C[C@H](NC(=O)Cc1cc(F)cc(F)c1)C(=O)NC1N=C(c2ccccc2)c2ccccc2N(CC(=O)N2CCc3ccccc32)C1=O. The Kier molecular flexibility index (Phi) is 8.88.